The van der Waals surface area contributed by atoms with Crippen molar-refractivity contribution in [3.8, 4) is 11.5 Å². The molecular formula is C20H19O3P. The van der Waals surface area contributed by atoms with E-state index in [2.05, 4.69) is 0 Å². The Balaban J connectivity index is 2.34. The van der Waals surface area contributed by atoms with Gasteiger partial charge in [-0.1, -0.05) is 60.7 Å². The monoisotopic (exact) mass is 338 g/mol. The number of hydrogen-bond donors (Lipinski definition) is 1. The highest BCUT2D eigenvalue weighted by molar-refractivity contribution is 7.85. The summed E-state index contributed by atoms with van der Waals surface area (Å²) in [5.74, 6) is 0.624. The van der Waals surface area contributed by atoms with E-state index in [9.17, 15) is 9.67 Å². The molecular weight excluding hydrogens is 319 g/mol. The van der Waals surface area contributed by atoms with Crippen LogP contribution in [0.3, 0.4) is 0 Å². The molecule has 0 aliphatic carbocycles. The standard InChI is InChI=1S/C20H19O3P/c1-15-13-18(21)20(14-19(15)23-2)24(22,16-9-5-3-6-10-16)17-11-7-4-8-12-17/h3-14,21H,1-2H3. The lowest BCUT2D eigenvalue weighted by molar-refractivity contribution is 0.410. The minimum Gasteiger partial charge on any atom is -0.507 e. The first-order valence-electron chi connectivity index (χ1n) is 7.67. The van der Waals surface area contributed by atoms with Crippen LogP contribution in [0.1, 0.15) is 5.56 Å². The third-order valence-electron chi connectivity index (χ3n) is 4.07. The lowest BCUT2D eigenvalue weighted by atomic mass is 10.2. The molecule has 0 atom stereocenters. The predicted molar refractivity (Wildman–Crippen MR) is 98.8 cm³/mol. The van der Waals surface area contributed by atoms with Crippen LogP contribution in [-0.4, -0.2) is 12.2 Å². The van der Waals surface area contributed by atoms with Gasteiger partial charge in [0.15, 0.2) is 7.14 Å². The molecule has 0 saturated carbocycles. The maximum Gasteiger partial charge on any atom is 0.174 e. The molecule has 0 heterocycles. The maximum atomic E-state index is 14.2. The van der Waals surface area contributed by atoms with E-state index in [1.54, 1.807) is 19.2 Å². The topological polar surface area (TPSA) is 46.5 Å². The SMILES string of the molecule is COc1cc(P(=O)(c2ccccc2)c2ccccc2)c(O)cc1C. The van der Waals surface area contributed by atoms with Gasteiger partial charge in [-0.25, -0.2) is 0 Å². The molecule has 0 bridgehead atoms. The molecule has 3 rings (SSSR count). The summed E-state index contributed by atoms with van der Waals surface area (Å²) in [5.41, 5.74) is 0.798. The summed E-state index contributed by atoms with van der Waals surface area (Å²) >= 11 is 0. The molecule has 4 heteroatoms. The third kappa shape index (κ3) is 2.72. The van der Waals surface area contributed by atoms with Crippen molar-refractivity contribution < 1.29 is 14.4 Å². The van der Waals surface area contributed by atoms with Crippen molar-refractivity contribution in [3.05, 3.63) is 78.4 Å². The second-order valence-electron chi connectivity index (χ2n) is 5.59. The Morgan fingerprint density at radius 1 is 0.875 bits per heavy atom. The summed E-state index contributed by atoms with van der Waals surface area (Å²) in [6.45, 7) is 1.85. The van der Waals surface area contributed by atoms with Crippen molar-refractivity contribution in [2.75, 3.05) is 7.11 Å². The van der Waals surface area contributed by atoms with Crippen molar-refractivity contribution in [2.24, 2.45) is 0 Å². The minimum absolute atomic E-state index is 0.0179. The van der Waals surface area contributed by atoms with E-state index in [4.69, 9.17) is 4.74 Å². The number of rotatable bonds is 4. The zero-order valence-corrected chi connectivity index (χ0v) is 14.5. The van der Waals surface area contributed by atoms with Crippen molar-refractivity contribution in [3.63, 3.8) is 0 Å². The molecule has 3 aromatic carbocycles. The molecule has 0 fully saturated rings. The van der Waals surface area contributed by atoms with E-state index in [-0.39, 0.29) is 5.75 Å². The van der Waals surface area contributed by atoms with Crippen LogP contribution in [0.4, 0.5) is 0 Å². The molecule has 3 aromatic rings. The largest absolute Gasteiger partial charge is 0.507 e. The minimum atomic E-state index is -3.20. The predicted octanol–water partition coefficient (Wildman–Crippen LogP) is 3.35. The molecule has 3 nitrogen and oxygen atoms in total. The van der Waals surface area contributed by atoms with Crippen LogP contribution in [0, 0.1) is 6.92 Å². The summed E-state index contributed by atoms with van der Waals surface area (Å²) in [6.07, 6.45) is 0. The zero-order chi connectivity index (χ0) is 17.2. The highest BCUT2D eigenvalue weighted by atomic mass is 31.2. The molecule has 0 spiro atoms. The molecule has 0 aromatic heterocycles. The molecule has 122 valence electrons. The van der Waals surface area contributed by atoms with Crippen LogP contribution >= 0.6 is 7.14 Å². The van der Waals surface area contributed by atoms with E-state index >= 15 is 0 Å². The van der Waals surface area contributed by atoms with Crippen LogP contribution in [0.5, 0.6) is 11.5 Å². The Kier molecular flexibility index (Phi) is 4.46. The van der Waals surface area contributed by atoms with E-state index < -0.39 is 7.14 Å². The average Bonchev–Trinajstić information content (AvgIpc) is 2.63. The summed E-state index contributed by atoms with van der Waals surface area (Å²) < 4.78 is 19.6. The molecule has 0 radical (unpaired) electrons. The fourth-order valence-electron chi connectivity index (χ4n) is 2.84. The van der Waals surface area contributed by atoms with E-state index in [1.807, 2.05) is 67.6 Å². The fraction of sp³-hybridized carbons (Fsp3) is 0.100. The van der Waals surface area contributed by atoms with Crippen molar-refractivity contribution >= 4 is 23.1 Å². The molecule has 0 aliphatic rings. The number of benzene rings is 3. The van der Waals surface area contributed by atoms with Gasteiger partial charge in [0, 0.05) is 10.6 Å². The summed E-state index contributed by atoms with van der Waals surface area (Å²) in [6, 6.07) is 21.8. The van der Waals surface area contributed by atoms with Gasteiger partial charge in [0.2, 0.25) is 0 Å². The molecule has 0 amide bonds. The summed E-state index contributed by atoms with van der Waals surface area (Å²) in [5, 5.41) is 12.3. The number of methoxy groups -OCH3 is 1. The van der Waals surface area contributed by atoms with Crippen LogP contribution in [0.2, 0.25) is 0 Å². The van der Waals surface area contributed by atoms with Crippen molar-refractivity contribution in [1.29, 1.82) is 0 Å². The Hall–Kier alpha value is -2.51. The second-order valence-corrected chi connectivity index (χ2v) is 8.32. The van der Waals surface area contributed by atoms with Gasteiger partial charge in [-0.05, 0) is 24.6 Å². The van der Waals surface area contributed by atoms with Gasteiger partial charge in [0.05, 0.1) is 12.4 Å². The number of aryl methyl sites for hydroxylation is 1. The Bertz CT molecular complexity index is 846. The Morgan fingerprint density at radius 2 is 1.38 bits per heavy atom. The quantitative estimate of drug-likeness (QED) is 0.742. The summed E-state index contributed by atoms with van der Waals surface area (Å²) in [7, 11) is -1.64. The Labute approximate surface area is 141 Å². The van der Waals surface area contributed by atoms with E-state index in [1.165, 1.54) is 0 Å². The van der Waals surface area contributed by atoms with Crippen molar-refractivity contribution in [2.45, 2.75) is 6.92 Å². The van der Waals surface area contributed by atoms with E-state index in [0.717, 1.165) is 5.56 Å². The molecule has 1 N–H and O–H groups in total. The number of aromatic hydroxyl groups is 1. The molecule has 0 aliphatic heterocycles. The number of hydrogen-bond acceptors (Lipinski definition) is 3. The number of phenolic OH excluding ortho intramolecular Hbond substituents is 1. The highest BCUT2D eigenvalue weighted by Gasteiger charge is 2.33. The van der Waals surface area contributed by atoms with Crippen LogP contribution in [0.15, 0.2) is 72.8 Å². The van der Waals surface area contributed by atoms with Gasteiger partial charge < -0.3 is 14.4 Å². The van der Waals surface area contributed by atoms with Gasteiger partial charge in [-0.15, -0.1) is 0 Å². The van der Waals surface area contributed by atoms with Crippen LogP contribution < -0.4 is 20.7 Å². The second kappa shape index (κ2) is 6.54. The van der Waals surface area contributed by atoms with Gasteiger partial charge in [-0.2, -0.15) is 0 Å². The molecule has 0 unspecified atom stereocenters. The Morgan fingerprint density at radius 3 is 1.83 bits per heavy atom. The van der Waals surface area contributed by atoms with Gasteiger partial charge in [0.25, 0.3) is 0 Å². The lowest BCUT2D eigenvalue weighted by Gasteiger charge is -2.22. The molecule has 0 saturated heterocycles. The summed E-state index contributed by atoms with van der Waals surface area (Å²) in [4.78, 5) is 0. The smallest absolute Gasteiger partial charge is 0.174 e. The van der Waals surface area contributed by atoms with Crippen LogP contribution in [-0.2, 0) is 4.57 Å². The maximum absolute atomic E-state index is 14.2. The highest BCUT2D eigenvalue weighted by Crippen LogP contribution is 2.46. The number of phenols is 1. The first-order chi connectivity index (χ1) is 11.6. The van der Waals surface area contributed by atoms with Gasteiger partial charge >= 0.3 is 0 Å². The third-order valence-corrected chi connectivity index (χ3v) is 7.16. The normalized spacial score (nSPS) is 11.2. The number of ether oxygens (including phenoxy) is 1. The lowest BCUT2D eigenvalue weighted by Crippen LogP contribution is -2.25. The fourth-order valence-corrected chi connectivity index (χ4v) is 5.56. The average molecular weight is 338 g/mol. The first kappa shape index (κ1) is 16.4. The van der Waals surface area contributed by atoms with Crippen molar-refractivity contribution in [1.82, 2.24) is 0 Å². The molecule has 24 heavy (non-hydrogen) atoms. The van der Waals surface area contributed by atoms with Gasteiger partial charge in [0.1, 0.15) is 11.5 Å². The zero-order valence-electron chi connectivity index (χ0n) is 13.6. The van der Waals surface area contributed by atoms with Crippen LogP contribution in [0.25, 0.3) is 0 Å². The first-order valence-corrected chi connectivity index (χ1v) is 9.37. The van der Waals surface area contributed by atoms with Gasteiger partial charge in [-0.3, -0.25) is 0 Å². The van der Waals surface area contributed by atoms with E-state index in [0.29, 0.717) is 21.7 Å².